The zero-order chi connectivity index (χ0) is 18.5. The summed E-state index contributed by atoms with van der Waals surface area (Å²) in [7, 11) is 1.63. The highest BCUT2D eigenvalue weighted by molar-refractivity contribution is 5.92. The normalized spacial score (nSPS) is 17.0. The SMILES string of the molecule is COc1ccc(CNC(=O)c2cc(C)nc(N3CCCC(C)C3)n2)cc1. The van der Waals surface area contributed by atoms with Crippen molar-refractivity contribution >= 4 is 11.9 Å². The number of rotatable bonds is 5. The number of anilines is 1. The molecule has 1 aliphatic rings. The van der Waals surface area contributed by atoms with E-state index in [0.717, 1.165) is 36.5 Å². The Morgan fingerprint density at radius 1 is 1.31 bits per heavy atom. The van der Waals surface area contributed by atoms with Gasteiger partial charge in [-0.25, -0.2) is 9.97 Å². The third-order valence-corrected chi connectivity index (χ3v) is 4.63. The first-order chi connectivity index (χ1) is 12.5. The lowest BCUT2D eigenvalue weighted by molar-refractivity contribution is 0.0945. The van der Waals surface area contributed by atoms with Crippen molar-refractivity contribution in [3.63, 3.8) is 0 Å². The Morgan fingerprint density at radius 2 is 2.08 bits per heavy atom. The fourth-order valence-electron chi connectivity index (χ4n) is 3.20. The lowest BCUT2D eigenvalue weighted by Crippen LogP contribution is -2.36. The van der Waals surface area contributed by atoms with Crippen LogP contribution in [0.15, 0.2) is 30.3 Å². The second kappa shape index (κ2) is 8.17. The van der Waals surface area contributed by atoms with E-state index in [1.165, 1.54) is 6.42 Å². The van der Waals surface area contributed by atoms with Gasteiger partial charge in [0.15, 0.2) is 0 Å². The number of ether oxygens (including phenoxy) is 1. The molecule has 1 unspecified atom stereocenters. The largest absolute Gasteiger partial charge is 0.497 e. The molecule has 6 nitrogen and oxygen atoms in total. The van der Waals surface area contributed by atoms with Crippen molar-refractivity contribution in [2.45, 2.75) is 33.2 Å². The fourth-order valence-corrected chi connectivity index (χ4v) is 3.20. The van der Waals surface area contributed by atoms with E-state index >= 15 is 0 Å². The first kappa shape index (κ1) is 18.2. The van der Waals surface area contributed by atoms with Crippen LogP contribution < -0.4 is 15.0 Å². The lowest BCUT2D eigenvalue weighted by Gasteiger charge is -2.31. The van der Waals surface area contributed by atoms with E-state index in [-0.39, 0.29) is 5.91 Å². The van der Waals surface area contributed by atoms with E-state index in [0.29, 0.717) is 24.1 Å². The Labute approximate surface area is 154 Å². The molecule has 1 aromatic heterocycles. The monoisotopic (exact) mass is 354 g/mol. The van der Waals surface area contributed by atoms with Crippen molar-refractivity contribution in [1.29, 1.82) is 0 Å². The smallest absolute Gasteiger partial charge is 0.270 e. The number of carbonyl (C=O) groups excluding carboxylic acids is 1. The molecule has 1 saturated heterocycles. The van der Waals surface area contributed by atoms with Crippen LogP contribution in [-0.4, -0.2) is 36.1 Å². The van der Waals surface area contributed by atoms with Gasteiger partial charge in [-0.15, -0.1) is 0 Å². The summed E-state index contributed by atoms with van der Waals surface area (Å²) in [4.78, 5) is 23.8. The Kier molecular flexibility index (Phi) is 5.71. The Balaban J connectivity index is 1.68. The quantitative estimate of drug-likeness (QED) is 0.894. The van der Waals surface area contributed by atoms with Crippen molar-refractivity contribution < 1.29 is 9.53 Å². The minimum atomic E-state index is -0.183. The van der Waals surface area contributed by atoms with Crippen LogP contribution in [0.2, 0.25) is 0 Å². The highest BCUT2D eigenvalue weighted by Crippen LogP contribution is 2.20. The average molecular weight is 354 g/mol. The van der Waals surface area contributed by atoms with E-state index in [2.05, 4.69) is 27.1 Å². The molecule has 2 heterocycles. The van der Waals surface area contributed by atoms with Crippen molar-refractivity contribution in [2.24, 2.45) is 5.92 Å². The molecule has 2 aromatic rings. The number of methoxy groups -OCH3 is 1. The molecule has 0 saturated carbocycles. The maximum absolute atomic E-state index is 12.5. The first-order valence-electron chi connectivity index (χ1n) is 9.07. The second-order valence-electron chi connectivity index (χ2n) is 6.92. The number of benzene rings is 1. The van der Waals surface area contributed by atoms with Gasteiger partial charge >= 0.3 is 0 Å². The van der Waals surface area contributed by atoms with Gasteiger partial charge in [0, 0.05) is 25.3 Å². The van der Waals surface area contributed by atoms with Gasteiger partial charge in [0.2, 0.25) is 5.95 Å². The van der Waals surface area contributed by atoms with Gasteiger partial charge in [0.1, 0.15) is 11.4 Å². The zero-order valence-corrected chi connectivity index (χ0v) is 15.7. The molecule has 3 rings (SSSR count). The first-order valence-corrected chi connectivity index (χ1v) is 9.07. The van der Waals surface area contributed by atoms with Crippen molar-refractivity contribution in [3.8, 4) is 5.75 Å². The van der Waals surface area contributed by atoms with E-state index in [1.807, 2.05) is 31.2 Å². The molecule has 1 N–H and O–H groups in total. The second-order valence-corrected chi connectivity index (χ2v) is 6.92. The zero-order valence-electron chi connectivity index (χ0n) is 15.7. The summed E-state index contributed by atoms with van der Waals surface area (Å²) in [5.41, 5.74) is 2.23. The number of hydrogen-bond acceptors (Lipinski definition) is 5. The molecule has 0 bridgehead atoms. The third-order valence-electron chi connectivity index (χ3n) is 4.63. The number of aromatic nitrogens is 2. The van der Waals surface area contributed by atoms with Gasteiger partial charge in [-0.1, -0.05) is 19.1 Å². The van der Waals surface area contributed by atoms with E-state index in [1.54, 1.807) is 13.2 Å². The van der Waals surface area contributed by atoms with Crippen LogP contribution in [-0.2, 0) is 6.54 Å². The van der Waals surface area contributed by atoms with Crippen LogP contribution in [0.5, 0.6) is 5.75 Å². The fraction of sp³-hybridized carbons (Fsp3) is 0.450. The molecule has 0 radical (unpaired) electrons. The minimum absolute atomic E-state index is 0.183. The van der Waals surface area contributed by atoms with Gasteiger partial charge in [-0.05, 0) is 49.4 Å². The van der Waals surface area contributed by atoms with E-state index < -0.39 is 0 Å². The van der Waals surface area contributed by atoms with Crippen LogP contribution in [0.1, 0.15) is 41.5 Å². The minimum Gasteiger partial charge on any atom is -0.497 e. The molecule has 1 atom stereocenters. The highest BCUT2D eigenvalue weighted by atomic mass is 16.5. The summed E-state index contributed by atoms with van der Waals surface area (Å²) in [5, 5.41) is 2.93. The van der Waals surface area contributed by atoms with Gasteiger partial charge < -0.3 is 15.0 Å². The van der Waals surface area contributed by atoms with Crippen LogP contribution in [0.3, 0.4) is 0 Å². The third kappa shape index (κ3) is 4.50. The lowest BCUT2D eigenvalue weighted by atomic mass is 10.0. The molecule has 1 aromatic carbocycles. The highest BCUT2D eigenvalue weighted by Gasteiger charge is 2.20. The van der Waals surface area contributed by atoms with Gasteiger partial charge in [-0.2, -0.15) is 0 Å². The average Bonchev–Trinajstić information content (AvgIpc) is 2.66. The number of carbonyl (C=O) groups is 1. The van der Waals surface area contributed by atoms with Gasteiger partial charge in [-0.3, -0.25) is 4.79 Å². The van der Waals surface area contributed by atoms with Crippen LogP contribution >= 0.6 is 0 Å². The predicted molar refractivity (Wildman–Crippen MR) is 102 cm³/mol. The number of hydrogen-bond donors (Lipinski definition) is 1. The Morgan fingerprint density at radius 3 is 2.77 bits per heavy atom. The van der Waals surface area contributed by atoms with E-state index in [9.17, 15) is 4.79 Å². The molecule has 1 amide bonds. The Hall–Kier alpha value is -2.63. The molecule has 0 spiro atoms. The number of piperidine rings is 1. The summed E-state index contributed by atoms with van der Waals surface area (Å²) < 4.78 is 5.15. The number of aryl methyl sites for hydroxylation is 1. The molecule has 6 heteroatoms. The summed E-state index contributed by atoms with van der Waals surface area (Å²) in [6, 6.07) is 9.37. The molecular formula is C20H26N4O2. The molecule has 1 fully saturated rings. The molecule has 1 aliphatic heterocycles. The van der Waals surface area contributed by atoms with Crippen LogP contribution in [0, 0.1) is 12.8 Å². The molecule has 138 valence electrons. The van der Waals surface area contributed by atoms with Gasteiger partial charge in [0.05, 0.1) is 7.11 Å². The van der Waals surface area contributed by atoms with Crippen LogP contribution in [0.25, 0.3) is 0 Å². The number of amides is 1. The molecule has 0 aliphatic carbocycles. The summed E-state index contributed by atoms with van der Waals surface area (Å²) in [6.07, 6.45) is 2.37. The van der Waals surface area contributed by atoms with Gasteiger partial charge in [0.25, 0.3) is 5.91 Å². The predicted octanol–water partition coefficient (Wildman–Crippen LogP) is 2.96. The van der Waals surface area contributed by atoms with E-state index in [4.69, 9.17) is 4.74 Å². The summed E-state index contributed by atoms with van der Waals surface area (Å²) in [6.45, 7) is 6.47. The molecule has 26 heavy (non-hydrogen) atoms. The Bertz CT molecular complexity index is 761. The van der Waals surface area contributed by atoms with Crippen molar-refractivity contribution in [2.75, 3.05) is 25.1 Å². The maximum atomic E-state index is 12.5. The molecular weight excluding hydrogens is 328 g/mol. The summed E-state index contributed by atoms with van der Waals surface area (Å²) >= 11 is 0. The summed E-state index contributed by atoms with van der Waals surface area (Å²) in [5.74, 6) is 1.90. The standard InChI is InChI=1S/C20H26N4O2/c1-14-5-4-10-24(13-14)20-22-15(2)11-18(23-20)19(25)21-12-16-6-8-17(26-3)9-7-16/h6-9,11,14H,4-5,10,12-13H2,1-3H3,(H,21,25). The van der Waals surface area contributed by atoms with Crippen molar-refractivity contribution in [1.82, 2.24) is 15.3 Å². The van der Waals surface area contributed by atoms with Crippen LogP contribution in [0.4, 0.5) is 5.95 Å². The maximum Gasteiger partial charge on any atom is 0.270 e. The number of nitrogens with one attached hydrogen (secondary N) is 1. The topological polar surface area (TPSA) is 67.3 Å². The van der Waals surface area contributed by atoms with Crippen molar-refractivity contribution in [3.05, 3.63) is 47.3 Å². The number of nitrogens with zero attached hydrogens (tertiary/aromatic N) is 3.